The quantitative estimate of drug-likeness (QED) is 0.478. The van der Waals surface area contributed by atoms with E-state index in [2.05, 4.69) is 15.0 Å². The Hall–Kier alpha value is -1.77. The van der Waals surface area contributed by atoms with Gasteiger partial charge in [0.05, 0.1) is 24.6 Å². The van der Waals surface area contributed by atoms with Crippen LogP contribution in [0.2, 0.25) is 0 Å². The van der Waals surface area contributed by atoms with E-state index in [1.807, 2.05) is 0 Å². The minimum Gasteiger partial charge on any atom is -0.391 e. The number of nitrogens with zero attached hydrogens (tertiary/aromatic N) is 4. The lowest BCUT2D eigenvalue weighted by molar-refractivity contribution is 0.0705. The summed E-state index contributed by atoms with van der Waals surface area (Å²) in [5.41, 5.74) is 12.4. The van der Waals surface area contributed by atoms with Crippen LogP contribution in [0, 0.1) is 0 Å². The van der Waals surface area contributed by atoms with Gasteiger partial charge in [0.15, 0.2) is 11.5 Å². The molecule has 0 unspecified atom stereocenters. The molecule has 0 aromatic carbocycles. The number of fused-ring (bicyclic) bond motifs is 1. The number of imidazole rings is 1. The second kappa shape index (κ2) is 3.87. The number of nitrogen functional groups attached to an aromatic ring is 1. The van der Waals surface area contributed by atoms with Gasteiger partial charge < -0.3 is 26.2 Å². The Morgan fingerprint density at radius 1 is 1.28 bits per heavy atom. The van der Waals surface area contributed by atoms with Crippen LogP contribution in [0.4, 0.5) is 5.82 Å². The highest BCUT2D eigenvalue weighted by atomic mass is 16.3. The fourth-order valence-corrected chi connectivity index (χ4v) is 2.48. The zero-order valence-electron chi connectivity index (χ0n) is 9.51. The summed E-state index contributed by atoms with van der Waals surface area (Å²) in [7, 11) is 0. The van der Waals surface area contributed by atoms with Gasteiger partial charge in [0.1, 0.15) is 11.8 Å². The summed E-state index contributed by atoms with van der Waals surface area (Å²) in [6, 6.07) is -1.01. The molecule has 2 aromatic rings. The molecular formula is C10H14N6O2. The molecule has 2 aromatic heterocycles. The van der Waals surface area contributed by atoms with Crippen molar-refractivity contribution in [2.45, 2.75) is 30.7 Å². The molecule has 96 valence electrons. The normalized spacial score (nSPS) is 32.2. The number of aliphatic hydroxyl groups excluding tert-OH is 2. The van der Waals surface area contributed by atoms with Crippen molar-refractivity contribution in [3.8, 4) is 0 Å². The van der Waals surface area contributed by atoms with E-state index < -0.39 is 24.3 Å². The average molecular weight is 250 g/mol. The first-order valence-electron chi connectivity index (χ1n) is 5.64. The third-order valence-corrected chi connectivity index (χ3v) is 3.40. The van der Waals surface area contributed by atoms with E-state index in [0.29, 0.717) is 17.6 Å². The largest absolute Gasteiger partial charge is 0.391 e. The molecule has 0 amide bonds. The lowest BCUT2D eigenvalue weighted by Crippen LogP contribution is -2.34. The number of rotatable bonds is 1. The smallest absolute Gasteiger partial charge is 0.165 e. The van der Waals surface area contributed by atoms with Gasteiger partial charge in [-0.05, 0) is 6.42 Å². The van der Waals surface area contributed by atoms with Crippen LogP contribution in [-0.2, 0) is 0 Å². The van der Waals surface area contributed by atoms with Crippen molar-refractivity contribution >= 4 is 17.0 Å². The molecule has 0 bridgehead atoms. The number of hydrogen-bond donors (Lipinski definition) is 4. The first-order valence-corrected chi connectivity index (χ1v) is 5.64. The van der Waals surface area contributed by atoms with E-state index in [4.69, 9.17) is 11.5 Å². The van der Waals surface area contributed by atoms with Gasteiger partial charge in [-0.3, -0.25) is 0 Å². The van der Waals surface area contributed by atoms with Crippen LogP contribution in [-0.4, -0.2) is 48.0 Å². The lowest BCUT2D eigenvalue weighted by atomic mass is 10.1. The van der Waals surface area contributed by atoms with Gasteiger partial charge in [0, 0.05) is 6.04 Å². The molecule has 1 aliphatic carbocycles. The van der Waals surface area contributed by atoms with Crippen LogP contribution in [0.3, 0.4) is 0 Å². The summed E-state index contributed by atoms with van der Waals surface area (Å²) in [6.07, 6.45) is 1.58. The number of anilines is 1. The molecule has 8 nitrogen and oxygen atoms in total. The first-order chi connectivity index (χ1) is 8.59. The Balaban J connectivity index is 2.12. The monoisotopic (exact) mass is 250 g/mol. The highest BCUT2D eigenvalue weighted by Crippen LogP contribution is 2.32. The minimum atomic E-state index is -0.839. The second-order valence-corrected chi connectivity index (χ2v) is 4.53. The molecule has 0 aliphatic heterocycles. The fourth-order valence-electron chi connectivity index (χ4n) is 2.48. The van der Waals surface area contributed by atoms with Crippen LogP contribution in [0.25, 0.3) is 11.2 Å². The van der Waals surface area contributed by atoms with E-state index in [0.717, 1.165) is 0 Å². The molecule has 1 aliphatic rings. The van der Waals surface area contributed by atoms with E-state index >= 15 is 0 Å². The van der Waals surface area contributed by atoms with E-state index in [-0.39, 0.29) is 5.82 Å². The standard InChI is InChI=1S/C10H14N6O2/c11-4-1-5(17)7(8(4)18)16-3-15-6-9(12)13-2-14-10(6)16/h2-5,7-8,17-18H,1,11H2,(H2,12,13,14)/t4-,5+,7-,8-/m1/s1. The summed E-state index contributed by atoms with van der Waals surface area (Å²) in [5, 5.41) is 20.0. The van der Waals surface area contributed by atoms with Gasteiger partial charge in [0.2, 0.25) is 0 Å². The molecule has 6 N–H and O–H groups in total. The van der Waals surface area contributed by atoms with Crippen molar-refractivity contribution in [1.82, 2.24) is 19.5 Å². The van der Waals surface area contributed by atoms with Gasteiger partial charge >= 0.3 is 0 Å². The molecule has 0 saturated heterocycles. The maximum absolute atomic E-state index is 10.0. The van der Waals surface area contributed by atoms with Crippen molar-refractivity contribution in [2.24, 2.45) is 5.73 Å². The highest BCUT2D eigenvalue weighted by Gasteiger charge is 2.41. The van der Waals surface area contributed by atoms with Crippen molar-refractivity contribution < 1.29 is 10.2 Å². The number of nitrogens with two attached hydrogens (primary N) is 2. The SMILES string of the molecule is Nc1ncnc2c1ncn2[C@H]1[C@H](O)[C@H](N)C[C@@H]1O. The van der Waals surface area contributed by atoms with Crippen LogP contribution >= 0.6 is 0 Å². The molecule has 0 radical (unpaired) electrons. The molecule has 1 fully saturated rings. The molecule has 18 heavy (non-hydrogen) atoms. The lowest BCUT2D eigenvalue weighted by Gasteiger charge is -2.20. The molecule has 4 atom stereocenters. The van der Waals surface area contributed by atoms with Gasteiger partial charge in [-0.25, -0.2) is 15.0 Å². The summed E-state index contributed by atoms with van der Waals surface area (Å²) in [4.78, 5) is 12.0. The molecule has 2 heterocycles. The predicted molar refractivity (Wildman–Crippen MR) is 63.4 cm³/mol. The first kappa shape index (κ1) is 11.3. The van der Waals surface area contributed by atoms with Crippen molar-refractivity contribution in [3.63, 3.8) is 0 Å². The Kier molecular flexibility index (Phi) is 2.44. The fraction of sp³-hybridized carbons (Fsp3) is 0.500. The maximum Gasteiger partial charge on any atom is 0.165 e. The number of hydrogen-bond acceptors (Lipinski definition) is 7. The predicted octanol–water partition coefficient (Wildman–Crippen LogP) is -1.60. The summed E-state index contributed by atoms with van der Waals surface area (Å²) >= 11 is 0. The third kappa shape index (κ3) is 1.47. The van der Waals surface area contributed by atoms with E-state index in [1.165, 1.54) is 12.7 Å². The highest BCUT2D eigenvalue weighted by molar-refractivity contribution is 5.81. The third-order valence-electron chi connectivity index (χ3n) is 3.40. The minimum absolute atomic E-state index is 0.269. The molecular weight excluding hydrogens is 236 g/mol. The van der Waals surface area contributed by atoms with Crippen LogP contribution in [0.1, 0.15) is 12.5 Å². The summed E-state index contributed by atoms with van der Waals surface area (Å²) < 4.78 is 1.61. The second-order valence-electron chi connectivity index (χ2n) is 4.53. The summed E-state index contributed by atoms with van der Waals surface area (Å²) in [5.74, 6) is 0.269. The molecule has 1 saturated carbocycles. The van der Waals surface area contributed by atoms with Crippen LogP contribution < -0.4 is 11.5 Å². The van der Waals surface area contributed by atoms with Crippen LogP contribution in [0.5, 0.6) is 0 Å². The van der Waals surface area contributed by atoms with Gasteiger partial charge in [-0.2, -0.15) is 0 Å². The Morgan fingerprint density at radius 3 is 2.72 bits per heavy atom. The van der Waals surface area contributed by atoms with Crippen molar-refractivity contribution in [2.75, 3.05) is 5.73 Å². The van der Waals surface area contributed by atoms with E-state index in [1.54, 1.807) is 4.57 Å². The molecule has 0 spiro atoms. The van der Waals surface area contributed by atoms with Crippen molar-refractivity contribution in [1.29, 1.82) is 0 Å². The summed E-state index contributed by atoms with van der Waals surface area (Å²) in [6.45, 7) is 0. The number of aromatic nitrogens is 4. The van der Waals surface area contributed by atoms with E-state index in [9.17, 15) is 10.2 Å². The Labute approximate surface area is 102 Å². The average Bonchev–Trinajstić information content (AvgIpc) is 2.84. The zero-order valence-corrected chi connectivity index (χ0v) is 9.51. The zero-order chi connectivity index (χ0) is 12.9. The van der Waals surface area contributed by atoms with Gasteiger partial charge in [-0.15, -0.1) is 0 Å². The van der Waals surface area contributed by atoms with Gasteiger partial charge in [-0.1, -0.05) is 0 Å². The Bertz CT molecular complexity index is 585. The van der Waals surface area contributed by atoms with Gasteiger partial charge in [0.25, 0.3) is 0 Å². The molecule has 8 heteroatoms. The topological polar surface area (TPSA) is 136 Å². The Morgan fingerprint density at radius 2 is 2.06 bits per heavy atom. The maximum atomic E-state index is 10.0. The van der Waals surface area contributed by atoms with Crippen LogP contribution in [0.15, 0.2) is 12.7 Å². The molecule has 3 rings (SSSR count). The van der Waals surface area contributed by atoms with Crippen molar-refractivity contribution in [3.05, 3.63) is 12.7 Å². The number of aliphatic hydroxyl groups is 2.